The molecule has 1 N–H and O–H groups in total. The lowest BCUT2D eigenvalue weighted by Gasteiger charge is -2.24. The number of carboxylic acids is 1. The molecule has 0 radical (unpaired) electrons. The molecule has 134 valence electrons. The van der Waals surface area contributed by atoms with Gasteiger partial charge in [-0.3, -0.25) is 9.10 Å². The molecular weight excluding hydrogens is 350 g/mol. The fourth-order valence-electron chi connectivity index (χ4n) is 2.96. The molecule has 6 heteroatoms. The van der Waals surface area contributed by atoms with Crippen LogP contribution in [0.5, 0.6) is 0 Å². The summed E-state index contributed by atoms with van der Waals surface area (Å²) in [4.78, 5) is 11.4. The van der Waals surface area contributed by atoms with Gasteiger partial charge in [0.1, 0.15) is 6.54 Å². The molecular formula is C20H19NO4S. The Kier molecular flexibility index (Phi) is 4.70. The first-order chi connectivity index (χ1) is 12.3. The van der Waals surface area contributed by atoms with Crippen LogP contribution in [0.3, 0.4) is 0 Å². The topological polar surface area (TPSA) is 74.7 Å². The summed E-state index contributed by atoms with van der Waals surface area (Å²) >= 11 is 0. The third-order valence-electron chi connectivity index (χ3n) is 4.21. The van der Waals surface area contributed by atoms with Crippen LogP contribution in [0.1, 0.15) is 11.1 Å². The summed E-state index contributed by atoms with van der Waals surface area (Å²) in [5.41, 5.74) is 2.05. The van der Waals surface area contributed by atoms with Crippen molar-refractivity contribution in [3.8, 4) is 0 Å². The lowest BCUT2D eigenvalue weighted by Crippen LogP contribution is -2.36. The van der Waals surface area contributed by atoms with E-state index in [1.165, 1.54) is 6.07 Å². The normalized spacial score (nSPS) is 11.5. The van der Waals surface area contributed by atoms with Gasteiger partial charge in [0, 0.05) is 0 Å². The van der Waals surface area contributed by atoms with Crippen molar-refractivity contribution in [2.45, 2.75) is 18.7 Å². The number of sulfonamides is 1. The van der Waals surface area contributed by atoms with E-state index in [1.807, 2.05) is 37.3 Å². The Morgan fingerprint density at radius 2 is 1.65 bits per heavy atom. The van der Waals surface area contributed by atoms with Gasteiger partial charge in [-0.05, 0) is 48.4 Å². The van der Waals surface area contributed by atoms with Crippen molar-refractivity contribution in [1.82, 2.24) is 0 Å². The second kappa shape index (κ2) is 6.80. The van der Waals surface area contributed by atoms with Gasteiger partial charge in [-0.25, -0.2) is 8.42 Å². The quantitative estimate of drug-likeness (QED) is 0.743. The van der Waals surface area contributed by atoms with E-state index < -0.39 is 22.5 Å². The third kappa shape index (κ3) is 3.41. The first-order valence-corrected chi connectivity index (χ1v) is 9.53. The standard InChI is InChI=1S/C20H19NO4S/c1-14-7-10-19(15(2)11-14)21(13-20(22)23)26(24,25)18-9-8-16-5-3-4-6-17(16)12-18/h3-12H,13H2,1-2H3,(H,22,23). The molecule has 0 atom stereocenters. The average Bonchev–Trinajstić information content (AvgIpc) is 2.59. The van der Waals surface area contributed by atoms with Crippen LogP contribution in [0.2, 0.25) is 0 Å². The van der Waals surface area contributed by atoms with Crippen molar-refractivity contribution >= 4 is 32.5 Å². The molecule has 0 aliphatic rings. The van der Waals surface area contributed by atoms with Crippen LogP contribution in [-0.2, 0) is 14.8 Å². The summed E-state index contributed by atoms with van der Waals surface area (Å²) in [5, 5.41) is 11.0. The maximum atomic E-state index is 13.2. The first kappa shape index (κ1) is 17.9. The Morgan fingerprint density at radius 1 is 0.962 bits per heavy atom. The minimum absolute atomic E-state index is 0.0671. The molecule has 0 aliphatic carbocycles. The van der Waals surface area contributed by atoms with Gasteiger partial charge in [-0.15, -0.1) is 0 Å². The van der Waals surface area contributed by atoms with Crippen LogP contribution >= 0.6 is 0 Å². The van der Waals surface area contributed by atoms with Crippen molar-refractivity contribution in [2.75, 3.05) is 10.8 Å². The van der Waals surface area contributed by atoms with Crippen LogP contribution in [0.4, 0.5) is 5.69 Å². The number of benzene rings is 3. The van der Waals surface area contributed by atoms with Crippen LogP contribution < -0.4 is 4.31 Å². The zero-order valence-electron chi connectivity index (χ0n) is 14.5. The Labute approximate surface area is 152 Å². The van der Waals surface area contributed by atoms with Gasteiger partial charge >= 0.3 is 5.97 Å². The molecule has 0 saturated heterocycles. The molecule has 0 unspecified atom stereocenters. The zero-order valence-corrected chi connectivity index (χ0v) is 15.3. The fraction of sp³-hybridized carbons (Fsp3) is 0.150. The van der Waals surface area contributed by atoms with Crippen LogP contribution in [-0.4, -0.2) is 26.0 Å². The fourth-order valence-corrected chi connectivity index (χ4v) is 4.48. The largest absolute Gasteiger partial charge is 0.480 e. The number of carbonyl (C=O) groups is 1. The number of anilines is 1. The van der Waals surface area contributed by atoms with E-state index in [-0.39, 0.29) is 4.90 Å². The number of nitrogens with zero attached hydrogens (tertiary/aromatic N) is 1. The summed E-state index contributed by atoms with van der Waals surface area (Å²) in [7, 11) is -4.02. The maximum Gasteiger partial charge on any atom is 0.324 e. The molecule has 26 heavy (non-hydrogen) atoms. The molecule has 0 heterocycles. The highest BCUT2D eigenvalue weighted by atomic mass is 32.2. The predicted octanol–water partition coefficient (Wildman–Crippen LogP) is 3.74. The lowest BCUT2D eigenvalue weighted by atomic mass is 10.1. The van der Waals surface area contributed by atoms with Crippen molar-refractivity contribution in [1.29, 1.82) is 0 Å². The highest BCUT2D eigenvalue weighted by molar-refractivity contribution is 7.92. The number of hydrogen-bond acceptors (Lipinski definition) is 3. The average molecular weight is 369 g/mol. The minimum atomic E-state index is -4.02. The molecule has 0 amide bonds. The summed E-state index contributed by atoms with van der Waals surface area (Å²) in [6.45, 7) is 3.03. The Morgan fingerprint density at radius 3 is 2.31 bits per heavy atom. The number of aliphatic carboxylic acids is 1. The number of rotatable bonds is 5. The molecule has 0 aliphatic heterocycles. The van der Waals surface area contributed by atoms with E-state index in [0.717, 1.165) is 20.6 Å². The SMILES string of the molecule is Cc1ccc(N(CC(=O)O)S(=O)(=O)c2ccc3ccccc3c2)c(C)c1. The molecule has 0 spiro atoms. The number of hydrogen-bond donors (Lipinski definition) is 1. The molecule has 3 aromatic rings. The van der Waals surface area contributed by atoms with E-state index in [1.54, 1.807) is 31.2 Å². The lowest BCUT2D eigenvalue weighted by molar-refractivity contribution is -0.135. The number of fused-ring (bicyclic) bond motifs is 1. The second-order valence-electron chi connectivity index (χ2n) is 6.20. The second-order valence-corrected chi connectivity index (χ2v) is 8.07. The van der Waals surface area contributed by atoms with E-state index in [4.69, 9.17) is 0 Å². The van der Waals surface area contributed by atoms with E-state index in [2.05, 4.69) is 0 Å². The number of carboxylic acid groups (broad SMARTS) is 1. The molecule has 3 aromatic carbocycles. The van der Waals surface area contributed by atoms with Crippen molar-refractivity contribution < 1.29 is 18.3 Å². The van der Waals surface area contributed by atoms with Gasteiger partial charge in [-0.2, -0.15) is 0 Å². The van der Waals surface area contributed by atoms with Crippen molar-refractivity contribution in [3.63, 3.8) is 0 Å². The van der Waals surface area contributed by atoms with Gasteiger partial charge < -0.3 is 5.11 Å². The molecule has 0 saturated carbocycles. The minimum Gasteiger partial charge on any atom is -0.480 e. The maximum absolute atomic E-state index is 13.2. The third-order valence-corrected chi connectivity index (χ3v) is 5.96. The number of aryl methyl sites for hydroxylation is 2. The van der Waals surface area contributed by atoms with Crippen LogP contribution in [0.15, 0.2) is 65.6 Å². The molecule has 0 fully saturated rings. The molecule has 0 aromatic heterocycles. The summed E-state index contributed by atoms with van der Waals surface area (Å²) in [6.07, 6.45) is 0. The monoisotopic (exact) mass is 369 g/mol. The van der Waals surface area contributed by atoms with Gasteiger partial charge in [-0.1, -0.05) is 48.0 Å². The van der Waals surface area contributed by atoms with E-state index in [9.17, 15) is 18.3 Å². The van der Waals surface area contributed by atoms with E-state index >= 15 is 0 Å². The Bertz CT molecular complexity index is 1090. The summed E-state index contributed by atoms with van der Waals surface area (Å²) in [5.74, 6) is -1.21. The first-order valence-electron chi connectivity index (χ1n) is 8.09. The van der Waals surface area contributed by atoms with E-state index in [0.29, 0.717) is 11.3 Å². The Hall–Kier alpha value is -2.86. The van der Waals surface area contributed by atoms with Gasteiger partial charge in [0.05, 0.1) is 10.6 Å². The highest BCUT2D eigenvalue weighted by Crippen LogP contribution is 2.29. The van der Waals surface area contributed by atoms with Gasteiger partial charge in [0.15, 0.2) is 0 Å². The van der Waals surface area contributed by atoms with Gasteiger partial charge in [0.25, 0.3) is 10.0 Å². The molecule has 3 rings (SSSR count). The zero-order chi connectivity index (χ0) is 18.9. The van der Waals surface area contributed by atoms with Crippen LogP contribution in [0, 0.1) is 13.8 Å². The molecule has 0 bridgehead atoms. The predicted molar refractivity (Wildman–Crippen MR) is 102 cm³/mol. The van der Waals surface area contributed by atoms with Crippen molar-refractivity contribution in [3.05, 3.63) is 71.8 Å². The Balaban J connectivity index is 2.15. The van der Waals surface area contributed by atoms with Gasteiger partial charge in [0.2, 0.25) is 0 Å². The van der Waals surface area contributed by atoms with Crippen molar-refractivity contribution in [2.24, 2.45) is 0 Å². The smallest absolute Gasteiger partial charge is 0.324 e. The summed E-state index contributed by atoms with van der Waals surface area (Å²) in [6, 6.07) is 17.5. The van der Waals surface area contributed by atoms with Crippen LogP contribution in [0.25, 0.3) is 10.8 Å². The summed E-state index contributed by atoms with van der Waals surface area (Å²) < 4.78 is 27.4. The molecule has 5 nitrogen and oxygen atoms in total. The highest BCUT2D eigenvalue weighted by Gasteiger charge is 2.28.